The molecular formula is C18H31N5O2. The molecule has 0 aromatic carbocycles. The summed E-state index contributed by atoms with van der Waals surface area (Å²) in [4.78, 5) is 25.3. The minimum Gasteiger partial charge on any atom is -0.376 e. The Balaban J connectivity index is 1.99. The van der Waals surface area contributed by atoms with E-state index in [-0.39, 0.29) is 17.6 Å². The summed E-state index contributed by atoms with van der Waals surface area (Å²) in [7, 11) is 4.00. The molecule has 1 fully saturated rings. The molecule has 2 heterocycles. The number of aromatic nitrogens is 2. The van der Waals surface area contributed by atoms with Gasteiger partial charge in [-0.2, -0.15) is 0 Å². The summed E-state index contributed by atoms with van der Waals surface area (Å²) >= 11 is 0. The SMILES string of the molecule is CN(C)CCN(C[C@@H]1CCCO1)C(=O)Nc1cnc(C(C)(C)C)nc1. The first-order valence-electron chi connectivity index (χ1n) is 8.90. The summed E-state index contributed by atoms with van der Waals surface area (Å²) in [6.07, 6.45) is 5.54. The van der Waals surface area contributed by atoms with Crippen LogP contribution >= 0.6 is 0 Å². The molecule has 0 bridgehead atoms. The van der Waals surface area contributed by atoms with Crippen LogP contribution in [0.1, 0.15) is 39.4 Å². The predicted molar refractivity (Wildman–Crippen MR) is 98.9 cm³/mol. The maximum absolute atomic E-state index is 12.7. The number of nitrogens with one attached hydrogen (secondary N) is 1. The van der Waals surface area contributed by atoms with E-state index in [2.05, 4.69) is 41.0 Å². The van der Waals surface area contributed by atoms with Gasteiger partial charge in [0.05, 0.1) is 24.2 Å². The molecule has 1 aliphatic rings. The number of anilines is 1. The largest absolute Gasteiger partial charge is 0.376 e. The Labute approximate surface area is 150 Å². The number of rotatable bonds is 6. The molecule has 7 heteroatoms. The maximum atomic E-state index is 12.7. The van der Waals surface area contributed by atoms with Crippen molar-refractivity contribution in [1.82, 2.24) is 19.8 Å². The zero-order valence-electron chi connectivity index (χ0n) is 16.1. The Morgan fingerprint density at radius 1 is 1.28 bits per heavy atom. The quantitative estimate of drug-likeness (QED) is 0.854. The van der Waals surface area contributed by atoms with Crippen molar-refractivity contribution < 1.29 is 9.53 Å². The van der Waals surface area contributed by atoms with Crippen LogP contribution < -0.4 is 5.32 Å². The van der Waals surface area contributed by atoms with E-state index in [4.69, 9.17) is 4.74 Å². The third kappa shape index (κ3) is 6.25. The minimum atomic E-state index is -0.135. The number of carbonyl (C=O) groups excluding carboxylic acids is 1. The average molecular weight is 349 g/mol. The number of hydrogen-bond acceptors (Lipinski definition) is 5. The smallest absolute Gasteiger partial charge is 0.322 e. The van der Waals surface area contributed by atoms with Crippen molar-refractivity contribution in [1.29, 1.82) is 0 Å². The van der Waals surface area contributed by atoms with Crippen LogP contribution in [0.3, 0.4) is 0 Å². The molecule has 1 aliphatic heterocycles. The Kier molecular flexibility index (Phi) is 6.72. The van der Waals surface area contributed by atoms with E-state index in [9.17, 15) is 4.79 Å². The van der Waals surface area contributed by atoms with Crippen LogP contribution in [0.2, 0.25) is 0 Å². The van der Waals surface area contributed by atoms with Gasteiger partial charge in [-0.3, -0.25) is 0 Å². The fraction of sp³-hybridized carbons (Fsp3) is 0.722. The first-order valence-corrected chi connectivity index (χ1v) is 8.90. The molecule has 1 aromatic rings. The molecule has 140 valence electrons. The molecule has 0 aliphatic carbocycles. The summed E-state index contributed by atoms with van der Waals surface area (Å²) in [5.41, 5.74) is 0.500. The summed E-state index contributed by atoms with van der Waals surface area (Å²) < 4.78 is 5.68. The average Bonchev–Trinajstić information content (AvgIpc) is 3.03. The van der Waals surface area contributed by atoms with E-state index in [0.717, 1.165) is 31.8 Å². The molecule has 0 unspecified atom stereocenters. The zero-order chi connectivity index (χ0) is 18.4. The molecule has 7 nitrogen and oxygen atoms in total. The fourth-order valence-electron chi connectivity index (χ4n) is 2.61. The van der Waals surface area contributed by atoms with Gasteiger partial charge in [-0.05, 0) is 26.9 Å². The molecule has 2 rings (SSSR count). The lowest BCUT2D eigenvalue weighted by Crippen LogP contribution is -2.43. The van der Waals surface area contributed by atoms with Gasteiger partial charge in [0, 0.05) is 31.7 Å². The normalized spacial score (nSPS) is 17.8. The number of urea groups is 1. The van der Waals surface area contributed by atoms with Gasteiger partial charge < -0.3 is 19.9 Å². The standard InChI is InChI=1S/C18H31N5O2/c1-18(2,3)16-19-11-14(12-20-16)21-17(24)23(9-8-22(4)5)13-15-7-6-10-25-15/h11-12,15H,6-10,13H2,1-5H3,(H,21,24)/t15-/m0/s1. The highest BCUT2D eigenvalue weighted by Gasteiger charge is 2.23. The summed E-state index contributed by atoms with van der Waals surface area (Å²) in [5.74, 6) is 0.759. The summed E-state index contributed by atoms with van der Waals surface area (Å²) in [6, 6.07) is -0.135. The van der Waals surface area contributed by atoms with E-state index in [1.54, 1.807) is 12.4 Å². The van der Waals surface area contributed by atoms with Crippen LogP contribution in [0.5, 0.6) is 0 Å². The molecule has 1 N–H and O–H groups in total. The second kappa shape index (κ2) is 8.58. The number of hydrogen-bond donors (Lipinski definition) is 1. The van der Waals surface area contributed by atoms with Gasteiger partial charge in [0.1, 0.15) is 5.82 Å². The Morgan fingerprint density at radius 2 is 1.96 bits per heavy atom. The molecule has 0 radical (unpaired) electrons. The second-order valence-corrected chi connectivity index (χ2v) is 7.86. The van der Waals surface area contributed by atoms with Crippen molar-refractivity contribution in [3.63, 3.8) is 0 Å². The Hall–Kier alpha value is -1.73. The lowest BCUT2D eigenvalue weighted by molar-refractivity contribution is 0.0820. The number of carbonyl (C=O) groups is 1. The molecule has 2 amide bonds. The van der Waals surface area contributed by atoms with Gasteiger partial charge in [-0.25, -0.2) is 14.8 Å². The Bertz CT molecular complexity index is 548. The molecule has 25 heavy (non-hydrogen) atoms. The van der Waals surface area contributed by atoms with Gasteiger partial charge in [0.25, 0.3) is 0 Å². The molecular weight excluding hydrogens is 318 g/mol. The van der Waals surface area contributed by atoms with Crippen molar-refractivity contribution >= 4 is 11.7 Å². The third-order valence-corrected chi connectivity index (χ3v) is 4.13. The molecule has 1 saturated heterocycles. The molecule has 1 aromatic heterocycles. The van der Waals surface area contributed by atoms with Crippen molar-refractivity contribution in [3.8, 4) is 0 Å². The van der Waals surface area contributed by atoms with E-state index in [1.807, 2.05) is 19.0 Å². The first-order chi connectivity index (χ1) is 11.8. The van der Waals surface area contributed by atoms with Crippen LogP contribution in [-0.4, -0.2) is 72.2 Å². The summed E-state index contributed by atoms with van der Waals surface area (Å²) in [5, 5.41) is 2.91. The third-order valence-electron chi connectivity index (χ3n) is 4.13. The van der Waals surface area contributed by atoms with E-state index in [1.165, 1.54) is 0 Å². The summed E-state index contributed by atoms with van der Waals surface area (Å²) in [6.45, 7) is 9.04. The highest BCUT2D eigenvalue weighted by atomic mass is 16.5. The van der Waals surface area contributed by atoms with Gasteiger partial charge in [-0.15, -0.1) is 0 Å². The van der Waals surface area contributed by atoms with Gasteiger partial charge >= 0.3 is 6.03 Å². The van der Waals surface area contributed by atoms with Crippen LogP contribution in [0.15, 0.2) is 12.4 Å². The lowest BCUT2D eigenvalue weighted by Gasteiger charge is -2.27. The maximum Gasteiger partial charge on any atom is 0.322 e. The molecule has 0 saturated carbocycles. The lowest BCUT2D eigenvalue weighted by atomic mass is 9.96. The highest BCUT2D eigenvalue weighted by Crippen LogP contribution is 2.18. The monoisotopic (exact) mass is 349 g/mol. The highest BCUT2D eigenvalue weighted by molar-refractivity contribution is 5.89. The minimum absolute atomic E-state index is 0.111. The first kappa shape index (κ1) is 19.6. The zero-order valence-corrected chi connectivity index (χ0v) is 16.1. The predicted octanol–water partition coefficient (Wildman–Crippen LogP) is 2.35. The van der Waals surface area contributed by atoms with Crippen molar-refractivity contribution in [2.75, 3.05) is 45.7 Å². The number of amides is 2. The fourth-order valence-corrected chi connectivity index (χ4v) is 2.61. The number of nitrogens with zero attached hydrogens (tertiary/aromatic N) is 4. The van der Waals surface area contributed by atoms with E-state index in [0.29, 0.717) is 18.8 Å². The van der Waals surface area contributed by atoms with Crippen molar-refractivity contribution in [2.24, 2.45) is 0 Å². The van der Waals surface area contributed by atoms with Crippen molar-refractivity contribution in [2.45, 2.75) is 45.1 Å². The van der Waals surface area contributed by atoms with Gasteiger partial charge in [0.2, 0.25) is 0 Å². The van der Waals surface area contributed by atoms with Crippen LogP contribution in [0, 0.1) is 0 Å². The number of likely N-dealkylation sites (N-methyl/N-ethyl adjacent to an activating group) is 1. The molecule has 1 atom stereocenters. The Morgan fingerprint density at radius 3 is 2.48 bits per heavy atom. The van der Waals surface area contributed by atoms with Crippen LogP contribution in [0.25, 0.3) is 0 Å². The second-order valence-electron chi connectivity index (χ2n) is 7.86. The van der Waals surface area contributed by atoms with Gasteiger partial charge in [0.15, 0.2) is 0 Å². The van der Waals surface area contributed by atoms with Crippen LogP contribution in [-0.2, 0) is 10.2 Å². The van der Waals surface area contributed by atoms with Crippen LogP contribution in [0.4, 0.5) is 10.5 Å². The van der Waals surface area contributed by atoms with Crippen molar-refractivity contribution in [3.05, 3.63) is 18.2 Å². The van der Waals surface area contributed by atoms with E-state index < -0.39 is 0 Å². The van der Waals surface area contributed by atoms with E-state index >= 15 is 0 Å². The molecule has 0 spiro atoms. The topological polar surface area (TPSA) is 70.6 Å². The van der Waals surface area contributed by atoms with Gasteiger partial charge in [-0.1, -0.05) is 20.8 Å². The number of ether oxygens (including phenoxy) is 1.